The van der Waals surface area contributed by atoms with Crippen LogP contribution in [0.15, 0.2) is 11.6 Å². The van der Waals surface area contributed by atoms with Crippen molar-refractivity contribution in [3.8, 4) is 0 Å². The second-order valence-corrected chi connectivity index (χ2v) is 14.1. The summed E-state index contributed by atoms with van der Waals surface area (Å²) in [5, 5.41) is 0. The van der Waals surface area contributed by atoms with Crippen LogP contribution in [0.25, 0.3) is 0 Å². The standard InChI is InChI=1S/C32H54O2/c1-22(2)9-8-10-23(3)27-14-15-28-26-13-12-24-21-25(34-30-11-6-7-20-33-30)16-18-31(24,4)29(26)17-19-32(27,28)5/h12,22-23,25-30H,6-11,13-21H2,1-5H3/t23-,25+,26-,27+,28-,29-,30-,31+,32-/m1/s1. The predicted molar refractivity (Wildman–Crippen MR) is 142 cm³/mol. The SMILES string of the molecule is CC(C)CCC[C@@H](C)[C@@H]1CC[C@@H]2[C@H]3CC=C4C[C@@H](O[C@@H]5CCCCO5)CC[C@]4(C)[C@@H]3CC[C@@]21C. The van der Waals surface area contributed by atoms with E-state index in [1.54, 1.807) is 5.57 Å². The van der Waals surface area contributed by atoms with Crippen LogP contribution in [0.3, 0.4) is 0 Å². The fourth-order valence-corrected chi connectivity index (χ4v) is 9.80. The Hall–Kier alpha value is -0.340. The molecule has 0 aromatic heterocycles. The van der Waals surface area contributed by atoms with Crippen molar-refractivity contribution in [3.63, 3.8) is 0 Å². The maximum absolute atomic E-state index is 6.47. The lowest BCUT2D eigenvalue weighted by molar-refractivity contribution is -0.195. The second kappa shape index (κ2) is 10.2. The molecule has 0 N–H and O–H groups in total. The van der Waals surface area contributed by atoms with Crippen LogP contribution in [0.1, 0.15) is 125 Å². The monoisotopic (exact) mass is 470 g/mol. The Morgan fingerprint density at radius 2 is 1.82 bits per heavy atom. The first kappa shape index (κ1) is 25.3. The normalized spacial score (nSPS) is 45.3. The van der Waals surface area contributed by atoms with E-state index in [2.05, 4.69) is 40.7 Å². The molecule has 0 bridgehead atoms. The molecule has 5 aliphatic rings. The molecule has 0 amide bonds. The highest BCUT2D eigenvalue weighted by Crippen LogP contribution is 2.67. The molecule has 0 unspecified atom stereocenters. The van der Waals surface area contributed by atoms with Crippen molar-refractivity contribution in [2.45, 2.75) is 137 Å². The van der Waals surface area contributed by atoms with Crippen LogP contribution in [0, 0.1) is 46.3 Å². The molecule has 2 heteroatoms. The Morgan fingerprint density at radius 1 is 0.971 bits per heavy atom. The van der Waals surface area contributed by atoms with Crippen molar-refractivity contribution in [1.82, 2.24) is 0 Å². The van der Waals surface area contributed by atoms with Gasteiger partial charge in [0.1, 0.15) is 0 Å². The van der Waals surface area contributed by atoms with Gasteiger partial charge in [-0.25, -0.2) is 0 Å². The van der Waals surface area contributed by atoms with Crippen molar-refractivity contribution in [1.29, 1.82) is 0 Å². The summed E-state index contributed by atoms with van der Waals surface area (Å²) in [6, 6.07) is 0. The van der Waals surface area contributed by atoms with Gasteiger partial charge in [-0.15, -0.1) is 0 Å². The molecule has 1 saturated heterocycles. The summed E-state index contributed by atoms with van der Waals surface area (Å²) in [4.78, 5) is 0. The lowest BCUT2D eigenvalue weighted by atomic mass is 9.47. The van der Waals surface area contributed by atoms with E-state index in [-0.39, 0.29) is 6.29 Å². The van der Waals surface area contributed by atoms with E-state index in [0.29, 0.717) is 16.9 Å². The zero-order valence-corrected chi connectivity index (χ0v) is 23.1. The van der Waals surface area contributed by atoms with Crippen LogP contribution in [0.4, 0.5) is 0 Å². The van der Waals surface area contributed by atoms with Crippen LogP contribution in [-0.4, -0.2) is 19.0 Å². The number of rotatable bonds is 7. The second-order valence-electron chi connectivity index (χ2n) is 14.1. The summed E-state index contributed by atoms with van der Waals surface area (Å²) in [6.45, 7) is 13.6. The Labute approximate surface area is 211 Å². The maximum atomic E-state index is 6.47. The molecule has 0 radical (unpaired) electrons. The molecule has 2 nitrogen and oxygen atoms in total. The molecule has 0 aromatic carbocycles. The first-order chi connectivity index (χ1) is 16.3. The number of allylic oxidation sites excluding steroid dienone is 1. The molecule has 4 fully saturated rings. The molecule has 1 heterocycles. The molecular weight excluding hydrogens is 416 g/mol. The van der Waals surface area contributed by atoms with E-state index in [1.165, 1.54) is 77.0 Å². The molecule has 9 atom stereocenters. The van der Waals surface area contributed by atoms with Gasteiger partial charge in [0.15, 0.2) is 6.29 Å². The van der Waals surface area contributed by atoms with Gasteiger partial charge in [-0.1, -0.05) is 65.5 Å². The van der Waals surface area contributed by atoms with Crippen LogP contribution < -0.4 is 0 Å². The molecule has 4 aliphatic carbocycles. The van der Waals surface area contributed by atoms with Crippen LogP contribution in [-0.2, 0) is 9.47 Å². The molecule has 34 heavy (non-hydrogen) atoms. The van der Waals surface area contributed by atoms with E-state index in [0.717, 1.165) is 55.0 Å². The average Bonchev–Trinajstić information content (AvgIpc) is 3.17. The largest absolute Gasteiger partial charge is 0.353 e. The van der Waals surface area contributed by atoms with Crippen molar-refractivity contribution in [2.75, 3.05) is 6.61 Å². The number of ether oxygens (including phenoxy) is 2. The van der Waals surface area contributed by atoms with Gasteiger partial charge >= 0.3 is 0 Å². The van der Waals surface area contributed by atoms with E-state index < -0.39 is 0 Å². The highest BCUT2D eigenvalue weighted by Gasteiger charge is 2.59. The Kier molecular flexibility index (Phi) is 7.59. The molecule has 0 aromatic rings. The van der Waals surface area contributed by atoms with E-state index in [4.69, 9.17) is 9.47 Å². The van der Waals surface area contributed by atoms with E-state index in [9.17, 15) is 0 Å². The molecule has 0 spiro atoms. The zero-order valence-electron chi connectivity index (χ0n) is 23.1. The average molecular weight is 471 g/mol. The summed E-state index contributed by atoms with van der Waals surface area (Å²) in [5.74, 6) is 5.53. The fraction of sp³-hybridized carbons (Fsp3) is 0.938. The van der Waals surface area contributed by atoms with Gasteiger partial charge < -0.3 is 9.47 Å². The topological polar surface area (TPSA) is 18.5 Å². The van der Waals surface area contributed by atoms with Crippen LogP contribution in [0.2, 0.25) is 0 Å². The predicted octanol–water partition coefficient (Wildman–Crippen LogP) is 8.94. The summed E-state index contributed by atoms with van der Waals surface area (Å²) >= 11 is 0. The molecule has 5 rings (SSSR count). The summed E-state index contributed by atoms with van der Waals surface area (Å²) in [5.41, 5.74) is 2.78. The van der Waals surface area contributed by atoms with Crippen molar-refractivity contribution in [3.05, 3.63) is 11.6 Å². The third-order valence-corrected chi connectivity index (χ3v) is 11.7. The molecular formula is C32H54O2. The smallest absolute Gasteiger partial charge is 0.157 e. The Bertz CT molecular complexity index is 721. The third-order valence-electron chi connectivity index (χ3n) is 11.7. The van der Waals surface area contributed by atoms with Gasteiger partial charge in [-0.3, -0.25) is 0 Å². The molecule has 1 aliphatic heterocycles. The number of hydrogen-bond donors (Lipinski definition) is 0. The lowest BCUT2D eigenvalue weighted by Crippen LogP contribution is -2.51. The van der Waals surface area contributed by atoms with Gasteiger partial charge in [0, 0.05) is 6.61 Å². The van der Waals surface area contributed by atoms with E-state index >= 15 is 0 Å². The maximum Gasteiger partial charge on any atom is 0.157 e. The number of fused-ring (bicyclic) bond motifs is 5. The van der Waals surface area contributed by atoms with Crippen molar-refractivity contribution < 1.29 is 9.47 Å². The highest BCUT2D eigenvalue weighted by atomic mass is 16.7. The minimum atomic E-state index is 0.0633. The van der Waals surface area contributed by atoms with Gasteiger partial charge in [0.25, 0.3) is 0 Å². The zero-order chi connectivity index (χ0) is 23.9. The van der Waals surface area contributed by atoms with Gasteiger partial charge in [0.05, 0.1) is 6.10 Å². The van der Waals surface area contributed by atoms with Crippen molar-refractivity contribution >= 4 is 0 Å². The minimum Gasteiger partial charge on any atom is -0.353 e. The van der Waals surface area contributed by atoms with E-state index in [1.807, 2.05) is 0 Å². The van der Waals surface area contributed by atoms with Crippen LogP contribution in [0.5, 0.6) is 0 Å². The molecule has 3 saturated carbocycles. The number of hydrogen-bond acceptors (Lipinski definition) is 2. The summed E-state index contributed by atoms with van der Waals surface area (Å²) < 4.78 is 12.4. The fourth-order valence-electron chi connectivity index (χ4n) is 9.80. The minimum absolute atomic E-state index is 0.0633. The lowest BCUT2D eigenvalue weighted by Gasteiger charge is -2.58. The van der Waals surface area contributed by atoms with Gasteiger partial charge in [-0.05, 0) is 117 Å². The van der Waals surface area contributed by atoms with Gasteiger partial charge in [0.2, 0.25) is 0 Å². The summed E-state index contributed by atoms with van der Waals surface area (Å²) in [6.07, 6.45) is 22.0. The first-order valence-electron chi connectivity index (χ1n) is 15.3. The first-order valence-corrected chi connectivity index (χ1v) is 15.3. The quantitative estimate of drug-likeness (QED) is 0.346. The third kappa shape index (κ3) is 4.69. The Morgan fingerprint density at radius 3 is 2.59 bits per heavy atom. The van der Waals surface area contributed by atoms with Gasteiger partial charge in [-0.2, -0.15) is 0 Å². The Balaban J connectivity index is 1.24. The molecule has 194 valence electrons. The summed E-state index contributed by atoms with van der Waals surface area (Å²) in [7, 11) is 0. The van der Waals surface area contributed by atoms with Crippen molar-refractivity contribution in [2.24, 2.45) is 46.3 Å². The highest BCUT2D eigenvalue weighted by molar-refractivity contribution is 5.25. The van der Waals surface area contributed by atoms with Crippen LogP contribution >= 0.6 is 0 Å².